The van der Waals surface area contributed by atoms with Crippen molar-refractivity contribution in [3.8, 4) is 12.3 Å². The second-order valence-electron chi connectivity index (χ2n) is 5.79. The van der Waals surface area contributed by atoms with Crippen LogP contribution < -0.4 is 11.3 Å². The number of aliphatic hydroxyl groups is 2. The van der Waals surface area contributed by atoms with Crippen LogP contribution >= 0.6 is 0 Å². The van der Waals surface area contributed by atoms with Gasteiger partial charge < -0.3 is 20.7 Å². The maximum atomic E-state index is 15.3. The molecule has 2 aromatic heterocycles. The number of aromatic amines is 1. The first kappa shape index (κ1) is 14.1. The van der Waals surface area contributed by atoms with Gasteiger partial charge in [-0.05, 0) is 0 Å². The minimum atomic E-state index is -2.62. The minimum Gasteiger partial charge on any atom is -0.393 e. The van der Waals surface area contributed by atoms with Crippen LogP contribution in [0.15, 0.2) is 11.1 Å². The number of nitrogens with zero attached hydrogens (tertiary/aromatic N) is 3. The average molecular weight is 321 g/mol. The molecule has 1 saturated heterocycles. The molecular formula is C13H12FN5O4. The van der Waals surface area contributed by atoms with E-state index in [9.17, 15) is 15.0 Å². The van der Waals surface area contributed by atoms with Gasteiger partial charge in [0.2, 0.25) is 11.6 Å². The van der Waals surface area contributed by atoms with Gasteiger partial charge in [0.15, 0.2) is 17.4 Å². The third-order valence-corrected chi connectivity index (χ3v) is 4.62. The van der Waals surface area contributed by atoms with Crippen LogP contribution in [0.25, 0.3) is 11.2 Å². The molecule has 120 valence electrons. The molecule has 4 rings (SSSR count). The first-order chi connectivity index (χ1) is 10.8. The van der Waals surface area contributed by atoms with Crippen molar-refractivity contribution < 1.29 is 19.3 Å². The molecule has 0 bridgehead atoms. The summed E-state index contributed by atoms with van der Waals surface area (Å²) in [5, 5.41) is 19.9. The zero-order valence-corrected chi connectivity index (χ0v) is 11.7. The van der Waals surface area contributed by atoms with Gasteiger partial charge in [-0.3, -0.25) is 14.3 Å². The summed E-state index contributed by atoms with van der Waals surface area (Å²) >= 11 is 0. The van der Waals surface area contributed by atoms with Crippen LogP contribution in [-0.2, 0) is 4.74 Å². The summed E-state index contributed by atoms with van der Waals surface area (Å²) in [5.41, 5.74) is -1.34. The maximum Gasteiger partial charge on any atom is 0.280 e. The predicted molar refractivity (Wildman–Crippen MR) is 74.7 cm³/mol. The third kappa shape index (κ3) is 1.40. The largest absolute Gasteiger partial charge is 0.393 e. The Kier molecular flexibility index (Phi) is 2.39. The van der Waals surface area contributed by atoms with Gasteiger partial charge in [-0.25, -0.2) is 9.37 Å². The number of aliphatic hydroxyl groups excluding tert-OH is 1. The predicted octanol–water partition coefficient (Wildman–Crippen LogP) is -1.56. The number of H-pyrrole nitrogens is 1. The molecule has 1 saturated carbocycles. The van der Waals surface area contributed by atoms with Crippen LogP contribution in [-0.4, -0.2) is 53.2 Å². The van der Waals surface area contributed by atoms with E-state index in [-0.39, 0.29) is 23.5 Å². The number of terminal acetylenes is 1. The number of rotatable bonds is 2. The summed E-state index contributed by atoms with van der Waals surface area (Å²) in [4.78, 5) is 21.8. The van der Waals surface area contributed by atoms with E-state index >= 15 is 4.39 Å². The Morgan fingerprint density at radius 3 is 3.09 bits per heavy atom. The van der Waals surface area contributed by atoms with E-state index in [2.05, 4.69) is 15.0 Å². The second kappa shape index (κ2) is 3.88. The van der Waals surface area contributed by atoms with E-state index in [4.69, 9.17) is 16.9 Å². The van der Waals surface area contributed by atoms with Crippen molar-refractivity contribution in [2.75, 3.05) is 12.3 Å². The van der Waals surface area contributed by atoms with Crippen LogP contribution in [0, 0.1) is 12.3 Å². The Labute approximate surface area is 127 Å². The molecule has 3 heterocycles. The topological polar surface area (TPSA) is 139 Å². The third-order valence-electron chi connectivity index (χ3n) is 4.62. The molecule has 2 aliphatic rings. The van der Waals surface area contributed by atoms with Gasteiger partial charge in [0, 0.05) is 6.42 Å². The van der Waals surface area contributed by atoms with E-state index in [1.54, 1.807) is 0 Å². The van der Waals surface area contributed by atoms with E-state index in [1.807, 2.05) is 5.92 Å². The highest BCUT2D eigenvalue weighted by molar-refractivity contribution is 5.71. The number of aromatic nitrogens is 4. The molecule has 2 aromatic rings. The number of nitrogen functional groups attached to an aromatic ring is 1. The standard InChI is InChI=1S/C13H12FN5O4/c1-2-12(14)9(23-11(4-20)3-13(11,12)22)19-5-16-6-7(19)17-10(15)18-8(6)21/h1,5,9,20,22H,3-4H2,(H3,15,17,18,21)/t9-,11-,12+,13-/m1/s1. The molecule has 5 N–H and O–H groups in total. The number of fused-ring (bicyclic) bond motifs is 2. The van der Waals surface area contributed by atoms with Crippen molar-refractivity contribution in [3.63, 3.8) is 0 Å². The Morgan fingerprint density at radius 1 is 1.70 bits per heavy atom. The Balaban J connectivity index is 1.93. The highest BCUT2D eigenvalue weighted by atomic mass is 19.1. The summed E-state index contributed by atoms with van der Waals surface area (Å²) in [6.07, 6.45) is 4.79. The molecular weight excluding hydrogens is 309 g/mol. The van der Waals surface area contributed by atoms with E-state index in [0.717, 1.165) is 10.9 Å². The Bertz CT molecular complexity index is 935. The zero-order chi connectivity index (χ0) is 16.6. The molecule has 23 heavy (non-hydrogen) atoms. The van der Waals surface area contributed by atoms with E-state index < -0.39 is 35.3 Å². The normalized spacial score (nSPS) is 38.4. The van der Waals surface area contributed by atoms with E-state index in [1.165, 1.54) is 0 Å². The first-order valence-corrected chi connectivity index (χ1v) is 6.72. The molecule has 0 amide bonds. The van der Waals surface area contributed by atoms with Gasteiger partial charge in [-0.1, -0.05) is 5.92 Å². The molecule has 9 nitrogen and oxygen atoms in total. The molecule has 0 radical (unpaired) electrons. The van der Waals surface area contributed by atoms with Gasteiger partial charge in [-0.2, -0.15) is 4.98 Å². The van der Waals surface area contributed by atoms with Crippen LogP contribution in [0.1, 0.15) is 12.6 Å². The maximum absolute atomic E-state index is 15.3. The quantitative estimate of drug-likeness (QED) is 0.490. The van der Waals surface area contributed by atoms with Crippen molar-refractivity contribution in [2.45, 2.75) is 29.5 Å². The van der Waals surface area contributed by atoms with Gasteiger partial charge >= 0.3 is 0 Å². The number of nitrogens with two attached hydrogens (primary N) is 1. The Morgan fingerprint density at radius 2 is 2.43 bits per heavy atom. The van der Waals surface area contributed by atoms with Crippen molar-refractivity contribution >= 4 is 17.1 Å². The van der Waals surface area contributed by atoms with Crippen LogP contribution in [0.4, 0.5) is 10.3 Å². The van der Waals surface area contributed by atoms with Crippen LogP contribution in [0.5, 0.6) is 0 Å². The van der Waals surface area contributed by atoms with Gasteiger partial charge in [0.1, 0.15) is 11.2 Å². The molecule has 1 aliphatic carbocycles. The number of ether oxygens (including phenoxy) is 1. The number of hydrogen-bond acceptors (Lipinski definition) is 7. The number of alkyl halides is 1. The molecule has 0 aromatic carbocycles. The summed E-state index contributed by atoms with van der Waals surface area (Å²) in [5.74, 6) is 1.73. The van der Waals surface area contributed by atoms with Crippen LogP contribution in [0.3, 0.4) is 0 Å². The number of nitrogens with one attached hydrogen (secondary N) is 1. The molecule has 4 atom stereocenters. The SMILES string of the molecule is C#C[C@]1(F)[C@H](n2cnc3c(=O)[nH]c(N)nc32)O[C@@]2(CO)C[C@@]21O. The molecule has 2 fully saturated rings. The number of halogens is 1. The highest BCUT2D eigenvalue weighted by Gasteiger charge is 2.86. The minimum absolute atomic E-state index is 0.0356. The Hall–Kier alpha value is -2.48. The smallest absolute Gasteiger partial charge is 0.280 e. The fourth-order valence-corrected chi connectivity index (χ4v) is 3.25. The number of anilines is 1. The van der Waals surface area contributed by atoms with E-state index in [0.29, 0.717) is 0 Å². The first-order valence-electron chi connectivity index (χ1n) is 6.72. The second-order valence-corrected chi connectivity index (χ2v) is 5.79. The summed E-state index contributed by atoms with van der Waals surface area (Å²) in [6, 6.07) is 0. The van der Waals surface area contributed by atoms with Crippen molar-refractivity contribution in [3.05, 3.63) is 16.7 Å². The van der Waals surface area contributed by atoms with Gasteiger partial charge in [-0.15, -0.1) is 6.42 Å². The summed E-state index contributed by atoms with van der Waals surface area (Å²) < 4.78 is 22.0. The molecule has 0 spiro atoms. The molecule has 10 heteroatoms. The lowest BCUT2D eigenvalue weighted by molar-refractivity contribution is -0.0898. The monoisotopic (exact) mass is 321 g/mol. The van der Waals surface area contributed by atoms with Gasteiger partial charge in [0.25, 0.3) is 5.56 Å². The van der Waals surface area contributed by atoms with Crippen molar-refractivity contribution in [1.82, 2.24) is 19.5 Å². The lowest BCUT2D eigenvalue weighted by Gasteiger charge is -2.27. The average Bonchev–Trinajstić information content (AvgIpc) is 2.84. The fraction of sp³-hybridized carbons (Fsp3) is 0.462. The number of imidazole rings is 1. The highest BCUT2D eigenvalue weighted by Crippen LogP contribution is 2.68. The summed E-state index contributed by atoms with van der Waals surface area (Å²) in [6.45, 7) is -0.601. The fourth-order valence-electron chi connectivity index (χ4n) is 3.25. The lowest BCUT2D eigenvalue weighted by Crippen LogP contribution is -2.44. The van der Waals surface area contributed by atoms with Crippen LogP contribution in [0.2, 0.25) is 0 Å². The summed E-state index contributed by atoms with van der Waals surface area (Å²) in [7, 11) is 0. The molecule has 0 unspecified atom stereocenters. The molecule has 1 aliphatic heterocycles. The zero-order valence-electron chi connectivity index (χ0n) is 11.7. The number of hydrogen-bond donors (Lipinski definition) is 4. The van der Waals surface area contributed by atoms with Crippen molar-refractivity contribution in [2.24, 2.45) is 0 Å². The lowest BCUT2D eigenvalue weighted by atomic mass is 9.95. The van der Waals surface area contributed by atoms with Crippen molar-refractivity contribution in [1.29, 1.82) is 0 Å². The van der Waals surface area contributed by atoms with Gasteiger partial charge in [0.05, 0.1) is 12.9 Å².